The Labute approximate surface area is 124 Å². The topological polar surface area (TPSA) is 59.1 Å². The van der Waals surface area contributed by atoms with Gasteiger partial charge in [-0.2, -0.15) is 0 Å². The first-order chi connectivity index (χ1) is 9.90. The van der Waals surface area contributed by atoms with E-state index in [2.05, 4.69) is 9.71 Å². The molecule has 0 aliphatic heterocycles. The van der Waals surface area contributed by atoms with Crippen molar-refractivity contribution in [3.05, 3.63) is 59.5 Å². The Morgan fingerprint density at radius 1 is 1.24 bits per heavy atom. The molecule has 1 atom stereocenters. The highest BCUT2D eigenvalue weighted by molar-refractivity contribution is 7.89. The first kappa shape index (κ1) is 15.6. The van der Waals surface area contributed by atoms with E-state index in [9.17, 15) is 12.8 Å². The van der Waals surface area contributed by atoms with Crippen LogP contribution in [0.2, 0.25) is 0 Å². The van der Waals surface area contributed by atoms with Crippen LogP contribution >= 0.6 is 0 Å². The highest BCUT2D eigenvalue weighted by atomic mass is 32.2. The molecule has 0 aliphatic carbocycles. The van der Waals surface area contributed by atoms with Gasteiger partial charge in [0.05, 0.1) is 0 Å². The number of nitrogens with one attached hydrogen (secondary N) is 1. The molecule has 0 spiro atoms. The number of aromatic nitrogens is 1. The average Bonchev–Trinajstić information content (AvgIpc) is 2.41. The highest BCUT2D eigenvalue weighted by Gasteiger charge is 2.22. The highest BCUT2D eigenvalue weighted by Crippen LogP contribution is 2.13. The molecule has 0 saturated carbocycles. The summed E-state index contributed by atoms with van der Waals surface area (Å²) in [6, 6.07) is 9.81. The van der Waals surface area contributed by atoms with Gasteiger partial charge >= 0.3 is 0 Å². The second-order valence-electron chi connectivity index (χ2n) is 4.94. The molecule has 1 N–H and O–H groups in total. The van der Waals surface area contributed by atoms with Crippen molar-refractivity contribution in [3.8, 4) is 0 Å². The fourth-order valence-electron chi connectivity index (χ4n) is 2.10. The first-order valence-corrected chi connectivity index (χ1v) is 8.06. The maximum atomic E-state index is 13.5. The summed E-state index contributed by atoms with van der Waals surface area (Å²) in [7, 11) is -3.96. The number of pyridine rings is 1. The van der Waals surface area contributed by atoms with E-state index < -0.39 is 20.9 Å². The van der Waals surface area contributed by atoms with E-state index in [-0.39, 0.29) is 6.04 Å². The Morgan fingerprint density at radius 3 is 2.62 bits per heavy atom. The van der Waals surface area contributed by atoms with E-state index in [1.54, 1.807) is 6.92 Å². The Morgan fingerprint density at radius 2 is 1.95 bits per heavy atom. The monoisotopic (exact) mass is 308 g/mol. The zero-order chi connectivity index (χ0) is 15.5. The normalized spacial score (nSPS) is 13.1. The Balaban J connectivity index is 2.14. The molecular formula is C15H17FN2O2S. The third-order valence-electron chi connectivity index (χ3n) is 3.12. The zero-order valence-electron chi connectivity index (χ0n) is 11.9. The number of halogens is 1. The molecule has 1 aromatic heterocycles. The molecule has 0 amide bonds. The summed E-state index contributed by atoms with van der Waals surface area (Å²) < 4.78 is 40.3. The van der Waals surface area contributed by atoms with E-state index in [0.29, 0.717) is 6.42 Å². The molecule has 6 heteroatoms. The van der Waals surface area contributed by atoms with Gasteiger partial charge in [-0.1, -0.05) is 24.3 Å². The molecule has 0 bridgehead atoms. The molecule has 0 fully saturated rings. The van der Waals surface area contributed by atoms with E-state index >= 15 is 0 Å². The average molecular weight is 308 g/mol. The quantitative estimate of drug-likeness (QED) is 0.923. The molecule has 0 saturated heterocycles. The second-order valence-corrected chi connectivity index (χ2v) is 6.57. The number of rotatable bonds is 5. The lowest BCUT2D eigenvalue weighted by atomic mass is 10.0. The van der Waals surface area contributed by atoms with Crippen LogP contribution in [-0.2, 0) is 16.4 Å². The largest absolute Gasteiger partial charge is 0.261 e. The van der Waals surface area contributed by atoms with Gasteiger partial charge in [0.15, 0.2) is 5.82 Å². The molecule has 2 aromatic rings. The van der Waals surface area contributed by atoms with Crippen LogP contribution in [0.1, 0.15) is 18.1 Å². The molecule has 1 heterocycles. The number of nitrogens with zero attached hydrogens (tertiary/aromatic N) is 1. The van der Waals surface area contributed by atoms with Gasteiger partial charge in [-0.3, -0.25) is 0 Å². The molecular weight excluding hydrogens is 291 g/mol. The van der Waals surface area contributed by atoms with E-state index in [4.69, 9.17) is 0 Å². The summed E-state index contributed by atoms with van der Waals surface area (Å²) in [5.41, 5.74) is 2.14. The summed E-state index contributed by atoms with van der Waals surface area (Å²) in [5, 5.41) is -0.568. The van der Waals surface area contributed by atoms with Gasteiger partial charge in [0.25, 0.3) is 10.0 Å². The van der Waals surface area contributed by atoms with Crippen LogP contribution < -0.4 is 4.72 Å². The minimum absolute atomic E-state index is 0.363. The zero-order valence-corrected chi connectivity index (χ0v) is 12.7. The maximum absolute atomic E-state index is 13.5. The molecule has 1 aromatic carbocycles. The van der Waals surface area contributed by atoms with Crippen molar-refractivity contribution in [3.63, 3.8) is 0 Å². The van der Waals surface area contributed by atoms with Gasteiger partial charge in [-0.25, -0.2) is 22.5 Å². The summed E-state index contributed by atoms with van der Waals surface area (Å²) in [4.78, 5) is 3.60. The number of sulfonamides is 1. The van der Waals surface area contributed by atoms with Crippen LogP contribution in [0.15, 0.2) is 47.6 Å². The van der Waals surface area contributed by atoms with Crippen LogP contribution in [0, 0.1) is 12.7 Å². The number of benzene rings is 1. The second kappa shape index (κ2) is 6.32. The smallest absolute Gasteiger partial charge is 0.241 e. The van der Waals surface area contributed by atoms with Crippen molar-refractivity contribution >= 4 is 10.0 Å². The fourth-order valence-corrected chi connectivity index (χ4v) is 3.35. The van der Waals surface area contributed by atoms with Gasteiger partial charge in [0.1, 0.15) is 0 Å². The molecule has 0 radical (unpaired) electrons. The standard InChI is InChI=1S/C15H17FN2O2S/c1-11-6-3-4-7-13(11)10-12(2)18-21(19,20)15-14(16)8-5-9-17-15/h3-9,12,18H,10H2,1-2H3. The fraction of sp³-hybridized carbons (Fsp3) is 0.267. The molecule has 1 unspecified atom stereocenters. The van der Waals surface area contributed by atoms with Crippen LogP contribution in [0.3, 0.4) is 0 Å². The van der Waals surface area contributed by atoms with Crippen molar-refractivity contribution in [2.24, 2.45) is 0 Å². The maximum Gasteiger partial charge on any atom is 0.261 e. The van der Waals surface area contributed by atoms with Crippen LogP contribution in [0.5, 0.6) is 0 Å². The van der Waals surface area contributed by atoms with Gasteiger partial charge in [-0.15, -0.1) is 0 Å². The summed E-state index contributed by atoms with van der Waals surface area (Å²) in [6.45, 7) is 3.71. The van der Waals surface area contributed by atoms with Crippen LogP contribution in [0.25, 0.3) is 0 Å². The van der Waals surface area contributed by atoms with Crippen molar-refractivity contribution in [1.29, 1.82) is 0 Å². The van der Waals surface area contributed by atoms with Gasteiger partial charge in [-0.05, 0) is 43.5 Å². The molecule has 21 heavy (non-hydrogen) atoms. The van der Waals surface area contributed by atoms with Crippen molar-refractivity contribution in [2.45, 2.75) is 31.3 Å². The van der Waals surface area contributed by atoms with Gasteiger partial charge in [0, 0.05) is 12.2 Å². The predicted octanol–water partition coefficient (Wildman–Crippen LogP) is 2.44. The van der Waals surface area contributed by atoms with Crippen LogP contribution in [-0.4, -0.2) is 19.4 Å². The lowest BCUT2D eigenvalue weighted by Gasteiger charge is -2.15. The third kappa shape index (κ3) is 3.86. The Hall–Kier alpha value is -1.79. The van der Waals surface area contributed by atoms with Gasteiger partial charge < -0.3 is 0 Å². The van der Waals surface area contributed by atoms with Crippen molar-refractivity contribution in [1.82, 2.24) is 9.71 Å². The SMILES string of the molecule is Cc1ccccc1CC(C)NS(=O)(=O)c1ncccc1F. The van der Waals surface area contributed by atoms with Crippen LogP contribution in [0.4, 0.5) is 4.39 Å². The number of hydrogen-bond donors (Lipinski definition) is 1. The summed E-state index contributed by atoms with van der Waals surface area (Å²) >= 11 is 0. The number of aryl methyl sites for hydroxylation is 1. The summed E-state index contributed by atoms with van der Waals surface area (Å²) in [5.74, 6) is -0.854. The van der Waals surface area contributed by atoms with Gasteiger partial charge in [0.2, 0.25) is 5.03 Å². The van der Waals surface area contributed by atoms with E-state index in [1.165, 1.54) is 12.3 Å². The lowest BCUT2D eigenvalue weighted by Crippen LogP contribution is -2.35. The van der Waals surface area contributed by atoms with E-state index in [0.717, 1.165) is 17.2 Å². The summed E-state index contributed by atoms with van der Waals surface area (Å²) in [6.07, 6.45) is 1.78. The minimum Gasteiger partial charge on any atom is -0.241 e. The number of hydrogen-bond acceptors (Lipinski definition) is 3. The minimum atomic E-state index is -3.96. The molecule has 4 nitrogen and oxygen atoms in total. The van der Waals surface area contributed by atoms with Crippen molar-refractivity contribution in [2.75, 3.05) is 0 Å². The van der Waals surface area contributed by atoms with E-state index in [1.807, 2.05) is 31.2 Å². The third-order valence-corrected chi connectivity index (χ3v) is 4.65. The Bertz CT molecular complexity index is 732. The predicted molar refractivity (Wildman–Crippen MR) is 78.9 cm³/mol. The van der Waals surface area contributed by atoms with Crippen molar-refractivity contribution < 1.29 is 12.8 Å². The first-order valence-electron chi connectivity index (χ1n) is 6.57. The Kier molecular flexibility index (Phi) is 4.69. The molecule has 2 rings (SSSR count). The molecule has 112 valence electrons. The lowest BCUT2D eigenvalue weighted by molar-refractivity contribution is 0.532. The molecule has 0 aliphatic rings.